The number of nitrogens with zero attached hydrogens (tertiary/aromatic N) is 1. The van der Waals surface area contributed by atoms with Crippen molar-refractivity contribution in [1.29, 1.82) is 0 Å². The van der Waals surface area contributed by atoms with Gasteiger partial charge in [0.15, 0.2) is 0 Å². The molecule has 2 heteroatoms. The Morgan fingerprint density at radius 3 is 2.86 bits per heavy atom. The summed E-state index contributed by atoms with van der Waals surface area (Å²) in [6.45, 7) is 2.46. The predicted molar refractivity (Wildman–Crippen MR) is 56.1 cm³/mol. The molecule has 0 radical (unpaired) electrons. The van der Waals surface area contributed by atoms with Gasteiger partial charge >= 0.3 is 0 Å². The van der Waals surface area contributed by atoms with E-state index >= 15 is 0 Å². The first kappa shape index (κ1) is 8.42. The van der Waals surface area contributed by atoms with E-state index in [0.717, 1.165) is 5.92 Å². The fourth-order valence-electron chi connectivity index (χ4n) is 2.88. The third kappa shape index (κ3) is 1.25. The third-order valence-electron chi connectivity index (χ3n) is 3.81. The van der Waals surface area contributed by atoms with Gasteiger partial charge in [-0.1, -0.05) is 6.07 Å². The van der Waals surface area contributed by atoms with E-state index in [1.807, 2.05) is 12.3 Å². The first-order valence-electron chi connectivity index (χ1n) is 5.50. The normalized spacial score (nSPS) is 29.0. The molecule has 0 bridgehead atoms. The van der Waals surface area contributed by atoms with Gasteiger partial charge in [0.2, 0.25) is 0 Å². The lowest BCUT2D eigenvalue weighted by molar-refractivity contribution is 0.175. The highest BCUT2D eigenvalue weighted by Crippen LogP contribution is 2.48. The lowest BCUT2D eigenvalue weighted by atomic mass is 9.79. The molecule has 1 N–H and O–H groups in total. The highest BCUT2D eigenvalue weighted by Gasteiger charge is 2.44. The van der Waals surface area contributed by atoms with E-state index in [0.29, 0.717) is 5.41 Å². The van der Waals surface area contributed by atoms with E-state index in [9.17, 15) is 0 Å². The molecule has 1 aliphatic heterocycles. The van der Waals surface area contributed by atoms with Crippen LogP contribution in [0.15, 0.2) is 24.4 Å². The molecule has 0 amide bonds. The first-order valence-corrected chi connectivity index (χ1v) is 5.50. The molecule has 2 heterocycles. The molecule has 1 aliphatic carbocycles. The van der Waals surface area contributed by atoms with Gasteiger partial charge in [-0.3, -0.25) is 4.98 Å². The molecule has 1 saturated heterocycles. The van der Waals surface area contributed by atoms with Crippen molar-refractivity contribution >= 4 is 0 Å². The van der Waals surface area contributed by atoms with Crippen LogP contribution in [0.5, 0.6) is 0 Å². The fourth-order valence-corrected chi connectivity index (χ4v) is 2.88. The largest absolute Gasteiger partial charge is 0.316 e. The van der Waals surface area contributed by atoms with Gasteiger partial charge in [0.05, 0.1) is 0 Å². The summed E-state index contributed by atoms with van der Waals surface area (Å²) in [4.78, 5) is 4.46. The van der Waals surface area contributed by atoms with E-state index in [2.05, 4.69) is 22.4 Å². The van der Waals surface area contributed by atoms with Crippen LogP contribution in [0, 0.1) is 5.41 Å². The van der Waals surface area contributed by atoms with E-state index in [-0.39, 0.29) is 0 Å². The van der Waals surface area contributed by atoms with Crippen LogP contribution in [0.25, 0.3) is 0 Å². The molecule has 1 unspecified atom stereocenters. The zero-order chi connectivity index (χ0) is 9.43. The van der Waals surface area contributed by atoms with Crippen molar-refractivity contribution in [2.75, 3.05) is 13.1 Å². The molecule has 0 aromatic carbocycles. The average Bonchev–Trinajstić information content (AvgIpc) is 2.63. The summed E-state index contributed by atoms with van der Waals surface area (Å²) in [7, 11) is 0. The molecule has 2 aliphatic rings. The lowest BCUT2D eigenvalue weighted by Gasteiger charge is -2.39. The molecular formula is C12H16N2. The van der Waals surface area contributed by atoms with E-state index in [1.54, 1.807) is 0 Å². The Balaban J connectivity index is 1.76. The summed E-state index contributed by atoms with van der Waals surface area (Å²) >= 11 is 0. The van der Waals surface area contributed by atoms with Gasteiger partial charge in [-0.25, -0.2) is 0 Å². The predicted octanol–water partition coefficient (Wildman–Crippen LogP) is 1.94. The van der Waals surface area contributed by atoms with Crippen LogP contribution >= 0.6 is 0 Å². The summed E-state index contributed by atoms with van der Waals surface area (Å²) in [5.74, 6) is 0.721. The molecule has 3 rings (SSSR count). The monoisotopic (exact) mass is 188 g/mol. The molecule has 2 fully saturated rings. The maximum absolute atomic E-state index is 4.46. The molecule has 74 valence electrons. The van der Waals surface area contributed by atoms with Crippen molar-refractivity contribution in [2.45, 2.75) is 25.2 Å². The Morgan fingerprint density at radius 2 is 2.29 bits per heavy atom. The molecule has 2 nitrogen and oxygen atoms in total. The molecular weight excluding hydrogens is 172 g/mol. The van der Waals surface area contributed by atoms with Crippen LogP contribution in [0.1, 0.15) is 30.9 Å². The third-order valence-corrected chi connectivity index (χ3v) is 3.81. The minimum absolute atomic E-state index is 0.641. The standard InChI is InChI=1S/C12H16N2/c1-2-6-14-11(3-1)10-4-5-12(7-10)8-13-9-12/h1-3,6,10,13H,4-5,7-9H2. The number of nitrogens with one attached hydrogen (secondary N) is 1. The lowest BCUT2D eigenvalue weighted by Crippen LogP contribution is -2.51. The van der Waals surface area contributed by atoms with Crippen LogP contribution in [0.3, 0.4) is 0 Å². The molecule has 1 spiro atoms. The van der Waals surface area contributed by atoms with Gasteiger partial charge in [-0.05, 0) is 36.8 Å². The maximum atomic E-state index is 4.46. The summed E-state index contributed by atoms with van der Waals surface area (Å²) < 4.78 is 0. The number of pyridine rings is 1. The second kappa shape index (κ2) is 3.06. The molecule has 1 saturated carbocycles. The van der Waals surface area contributed by atoms with Gasteiger partial charge in [-0.15, -0.1) is 0 Å². The van der Waals surface area contributed by atoms with Gasteiger partial charge in [0.25, 0.3) is 0 Å². The second-order valence-corrected chi connectivity index (χ2v) is 4.80. The Morgan fingerprint density at radius 1 is 1.36 bits per heavy atom. The van der Waals surface area contributed by atoms with Gasteiger partial charge in [-0.2, -0.15) is 0 Å². The minimum atomic E-state index is 0.641. The maximum Gasteiger partial charge on any atom is 0.0434 e. The number of aromatic nitrogens is 1. The van der Waals surface area contributed by atoms with Gasteiger partial charge in [0, 0.05) is 30.9 Å². The second-order valence-electron chi connectivity index (χ2n) is 4.80. The van der Waals surface area contributed by atoms with Crippen molar-refractivity contribution in [2.24, 2.45) is 5.41 Å². The van der Waals surface area contributed by atoms with Crippen molar-refractivity contribution in [3.05, 3.63) is 30.1 Å². The molecule has 1 aromatic heterocycles. The number of hydrogen-bond acceptors (Lipinski definition) is 2. The quantitative estimate of drug-likeness (QED) is 0.728. The van der Waals surface area contributed by atoms with Crippen molar-refractivity contribution in [1.82, 2.24) is 10.3 Å². The zero-order valence-corrected chi connectivity index (χ0v) is 8.37. The number of rotatable bonds is 1. The van der Waals surface area contributed by atoms with E-state index in [4.69, 9.17) is 0 Å². The van der Waals surface area contributed by atoms with Crippen LogP contribution < -0.4 is 5.32 Å². The number of hydrogen-bond donors (Lipinski definition) is 1. The zero-order valence-electron chi connectivity index (χ0n) is 8.37. The van der Waals surface area contributed by atoms with Crippen LogP contribution in [-0.2, 0) is 0 Å². The Bertz CT molecular complexity index is 316. The minimum Gasteiger partial charge on any atom is -0.316 e. The smallest absolute Gasteiger partial charge is 0.0434 e. The van der Waals surface area contributed by atoms with Crippen LogP contribution in [-0.4, -0.2) is 18.1 Å². The summed E-state index contributed by atoms with van der Waals surface area (Å²) in [6.07, 6.45) is 5.98. The van der Waals surface area contributed by atoms with E-state index in [1.165, 1.54) is 38.0 Å². The summed E-state index contributed by atoms with van der Waals surface area (Å²) in [5.41, 5.74) is 1.94. The van der Waals surface area contributed by atoms with Crippen molar-refractivity contribution < 1.29 is 0 Å². The van der Waals surface area contributed by atoms with Crippen molar-refractivity contribution in [3.8, 4) is 0 Å². The molecule has 14 heavy (non-hydrogen) atoms. The topological polar surface area (TPSA) is 24.9 Å². The molecule has 1 aromatic rings. The highest BCUT2D eigenvalue weighted by molar-refractivity contribution is 5.14. The Kier molecular flexibility index (Phi) is 1.84. The van der Waals surface area contributed by atoms with Crippen LogP contribution in [0.2, 0.25) is 0 Å². The Hall–Kier alpha value is -0.890. The fraction of sp³-hybridized carbons (Fsp3) is 0.583. The van der Waals surface area contributed by atoms with E-state index < -0.39 is 0 Å². The SMILES string of the molecule is c1ccc(C2CCC3(CNC3)C2)nc1. The molecule has 1 atom stereocenters. The summed E-state index contributed by atoms with van der Waals surface area (Å²) in [6, 6.07) is 6.28. The van der Waals surface area contributed by atoms with Gasteiger partial charge < -0.3 is 5.32 Å². The van der Waals surface area contributed by atoms with Crippen molar-refractivity contribution in [3.63, 3.8) is 0 Å². The summed E-state index contributed by atoms with van der Waals surface area (Å²) in [5, 5.41) is 3.40. The van der Waals surface area contributed by atoms with Crippen LogP contribution in [0.4, 0.5) is 0 Å². The highest BCUT2D eigenvalue weighted by atomic mass is 15.0. The van der Waals surface area contributed by atoms with Gasteiger partial charge in [0.1, 0.15) is 0 Å². The average molecular weight is 188 g/mol. The first-order chi connectivity index (χ1) is 6.88. The Labute approximate surface area is 84.7 Å².